The summed E-state index contributed by atoms with van der Waals surface area (Å²) < 4.78 is 6.82. The van der Waals surface area contributed by atoms with Crippen molar-refractivity contribution in [3.8, 4) is 0 Å². The summed E-state index contributed by atoms with van der Waals surface area (Å²) in [6.45, 7) is 0.788. The van der Waals surface area contributed by atoms with Crippen LogP contribution in [0.4, 0.5) is 0 Å². The maximum atomic E-state index is 10.8. The van der Waals surface area contributed by atoms with Crippen LogP contribution >= 0.6 is 0 Å². The highest BCUT2D eigenvalue weighted by Gasteiger charge is 2.11. The summed E-state index contributed by atoms with van der Waals surface area (Å²) in [5.74, 6) is -0.987. The van der Waals surface area contributed by atoms with Gasteiger partial charge in [-0.3, -0.25) is 4.68 Å². The summed E-state index contributed by atoms with van der Waals surface area (Å²) >= 11 is 0. The quantitative estimate of drug-likeness (QED) is 0.874. The van der Waals surface area contributed by atoms with E-state index in [4.69, 9.17) is 9.84 Å². The number of benzene rings is 1. The lowest BCUT2D eigenvalue weighted by molar-refractivity contribution is 0.0685. The van der Waals surface area contributed by atoms with Crippen molar-refractivity contribution in [1.29, 1.82) is 0 Å². The van der Waals surface area contributed by atoms with Gasteiger partial charge in [0.05, 0.1) is 18.9 Å². The molecule has 18 heavy (non-hydrogen) atoms. The average molecular weight is 246 g/mol. The van der Waals surface area contributed by atoms with Crippen LogP contribution < -0.4 is 0 Å². The molecule has 0 spiro atoms. The normalized spacial score (nSPS) is 10.5. The topological polar surface area (TPSA) is 64.4 Å². The van der Waals surface area contributed by atoms with Gasteiger partial charge in [0.15, 0.2) is 0 Å². The van der Waals surface area contributed by atoms with Gasteiger partial charge in [0.25, 0.3) is 0 Å². The van der Waals surface area contributed by atoms with Crippen LogP contribution in [0, 0.1) is 0 Å². The SMILES string of the molecule is Cn1nc(COCc2ccccc2)cc1C(=O)O. The average Bonchev–Trinajstić information content (AvgIpc) is 2.72. The van der Waals surface area contributed by atoms with Gasteiger partial charge in [0, 0.05) is 7.05 Å². The molecule has 1 heterocycles. The Kier molecular flexibility index (Phi) is 3.74. The first-order valence-electron chi connectivity index (χ1n) is 5.54. The van der Waals surface area contributed by atoms with E-state index in [1.807, 2.05) is 30.3 Å². The van der Waals surface area contributed by atoms with E-state index in [-0.39, 0.29) is 5.69 Å². The summed E-state index contributed by atoms with van der Waals surface area (Å²) in [4.78, 5) is 10.8. The van der Waals surface area contributed by atoms with E-state index in [9.17, 15) is 4.79 Å². The number of hydrogen-bond donors (Lipinski definition) is 1. The lowest BCUT2D eigenvalue weighted by Crippen LogP contribution is -2.04. The molecule has 0 saturated carbocycles. The molecule has 94 valence electrons. The van der Waals surface area contributed by atoms with E-state index in [1.54, 1.807) is 7.05 Å². The van der Waals surface area contributed by atoms with Crippen LogP contribution in [0.1, 0.15) is 21.7 Å². The third-order valence-electron chi connectivity index (χ3n) is 2.51. The van der Waals surface area contributed by atoms with Crippen molar-refractivity contribution in [2.75, 3.05) is 0 Å². The Morgan fingerprint density at radius 1 is 1.33 bits per heavy atom. The fraction of sp³-hybridized carbons (Fsp3) is 0.231. The molecule has 0 aliphatic rings. The molecule has 0 saturated heterocycles. The van der Waals surface area contributed by atoms with Crippen molar-refractivity contribution < 1.29 is 14.6 Å². The van der Waals surface area contributed by atoms with Crippen LogP contribution in [0.15, 0.2) is 36.4 Å². The lowest BCUT2D eigenvalue weighted by Gasteiger charge is -2.01. The van der Waals surface area contributed by atoms with Gasteiger partial charge >= 0.3 is 5.97 Å². The second-order valence-electron chi connectivity index (χ2n) is 3.93. The molecular formula is C13H14N2O3. The van der Waals surface area contributed by atoms with Crippen molar-refractivity contribution in [2.24, 2.45) is 7.05 Å². The second-order valence-corrected chi connectivity index (χ2v) is 3.93. The second kappa shape index (κ2) is 5.46. The Morgan fingerprint density at radius 2 is 2.06 bits per heavy atom. The minimum atomic E-state index is -0.987. The predicted octanol–water partition coefficient (Wildman–Crippen LogP) is 1.84. The summed E-state index contributed by atoms with van der Waals surface area (Å²) in [5, 5.41) is 13.0. The number of rotatable bonds is 5. The summed E-state index contributed by atoms with van der Waals surface area (Å²) in [7, 11) is 1.60. The molecule has 5 heteroatoms. The number of ether oxygens (including phenoxy) is 1. The predicted molar refractivity (Wildman–Crippen MR) is 65.1 cm³/mol. The van der Waals surface area contributed by atoms with E-state index in [0.29, 0.717) is 18.9 Å². The highest BCUT2D eigenvalue weighted by Crippen LogP contribution is 2.07. The number of aromatic carboxylic acids is 1. The number of carboxylic acids is 1. The van der Waals surface area contributed by atoms with Gasteiger partial charge in [-0.05, 0) is 11.6 Å². The summed E-state index contributed by atoms with van der Waals surface area (Å²) in [6, 6.07) is 11.3. The molecule has 0 atom stereocenters. The van der Waals surface area contributed by atoms with E-state index in [0.717, 1.165) is 5.56 Å². The van der Waals surface area contributed by atoms with E-state index < -0.39 is 5.97 Å². The zero-order valence-electron chi connectivity index (χ0n) is 10.0. The molecule has 2 aromatic rings. The van der Waals surface area contributed by atoms with Crippen molar-refractivity contribution in [3.63, 3.8) is 0 Å². The number of carbonyl (C=O) groups is 1. The number of aromatic nitrogens is 2. The first kappa shape index (κ1) is 12.3. The molecule has 0 amide bonds. The van der Waals surface area contributed by atoms with Crippen LogP contribution in [0.3, 0.4) is 0 Å². The van der Waals surface area contributed by atoms with Gasteiger partial charge < -0.3 is 9.84 Å². The van der Waals surface area contributed by atoms with Crippen molar-refractivity contribution >= 4 is 5.97 Å². The van der Waals surface area contributed by atoms with Crippen molar-refractivity contribution in [1.82, 2.24) is 9.78 Å². The molecule has 0 radical (unpaired) electrons. The Labute approximate surface area is 105 Å². The number of hydrogen-bond acceptors (Lipinski definition) is 3. The summed E-state index contributed by atoms with van der Waals surface area (Å²) in [6.07, 6.45) is 0. The van der Waals surface area contributed by atoms with Crippen molar-refractivity contribution in [2.45, 2.75) is 13.2 Å². The van der Waals surface area contributed by atoms with Gasteiger partial charge in [-0.1, -0.05) is 30.3 Å². The Morgan fingerprint density at radius 3 is 2.67 bits per heavy atom. The van der Waals surface area contributed by atoms with Crippen LogP contribution in [-0.2, 0) is 25.0 Å². The minimum Gasteiger partial charge on any atom is -0.477 e. The van der Waals surface area contributed by atoms with Gasteiger partial charge in [-0.15, -0.1) is 0 Å². The van der Waals surface area contributed by atoms with E-state index in [2.05, 4.69) is 5.10 Å². The highest BCUT2D eigenvalue weighted by molar-refractivity contribution is 5.85. The molecule has 1 N–H and O–H groups in total. The van der Waals surface area contributed by atoms with E-state index in [1.165, 1.54) is 10.7 Å². The molecule has 1 aromatic carbocycles. The fourth-order valence-electron chi connectivity index (χ4n) is 1.65. The van der Waals surface area contributed by atoms with Crippen LogP contribution in [0.2, 0.25) is 0 Å². The lowest BCUT2D eigenvalue weighted by atomic mass is 10.2. The molecule has 0 aliphatic heterocycles. The van der Waals surface area contributed by atoms with Gasteiger partial charge in [0.2, 0.25) is 0 Å². The van der Waals surface area contributed by atoms with Gasteiger partial charge in [-0.25, -0.2) is 4.79 Å². The van der Waals surface area contributed by atoms with Gasteiger partial charge in [-0.2, -0.15) is 5.10 Å². The molecule has 5 nitrogen and oxygen atoms in total. The van der Waals surface area contributed by atoms with Crippen LogP contribution in [0.25, 0.3) is 0 Å². The maximum absolute atomic E-state index is 10.8. The highest BCUT2D eigenvalue weighted by atomic mass is 16.5. The number of aryl methyl sites for hydroxylation is 1. The van der Waals surface area contributed by atoms with Gasteiger partial charge in [0.1, 0.15) is 5.69 Å². The molecule has 1 aromatic heterocycles. The minimum absolute atomic E-state index is 0.160. The first-order chi connectivity index (χ1) is 8.66. The molecule has 2 rings (SSSR count). The standard InChI is InChI=1S/C13H14N2O3/c1-15-12(13(16)17)7-11(14-15)9-18-8-10-5-3-2-4-6-10/h2-7H,8-9H2,1H3,(H,16,17). The zero-order valence-corrected chi connectivity index (χ0v) is 10.0. The Hall–Kier alpha value is -2.14. The van der Waals surface area contributed by atoms with Crippen LogP contribution in [0.5, 0.6) is 0 Å². The number of carboxylic acid groups (broad SMARTS) is 1. The number of nitrogens with zero attached hydrogens (tertiary/aromatic N) is 2. The monoisotopic (exact) mass is 246 g/mol. The molecule has 0 aliphatic carbocycles. The van der Waals surface area contributed by atoms with E-state index >= 15 is 0 Å². The molecule has 0 unspecified atom stereocenters. The Bertz CT molecular complexity index is 534. The smallest absolute Gasteiger partial charge is 0.354 e. The summed E-state index contributed by atoms with van der Waals surface area (Å²) in [5.41, 5.74) is 1.85. The third-order valence-corrected chi connectivity index (χ3v) is 2.51. The molecular weight excluding hydrogens is 232 g/mol. The Balaban J connectivity index is 1.91. The van der Waals surface area contributed by atoms with Crippen LogP contribution in [-0.4, -0.2) is 20.9 Å². The van der Waals surface area contributed by atoms with Crippen molar-refractivity contribution in [3.05, 3.63) is 53.3 Å². The first-order valence-corrected chi connectivity index (χ1v) is 5.54. The molecule has 0 fully saturated rings. The molecule has 0 bridgehead atoms. The zero-order chi connectivity index (χ0) is 13.0. The largest absolute Gasteiger partial charge is 0.477 e. The third kappa shape index (κ3) is 2.95. The maximum Gasteiger partial charge on any atom is 0.354 e. The fourth-order valence-corrected chi connectivity index (χ4v) is 1.65.